The number of benzene rings is 1. The minimum atomic E-state index is -0.0866. The van der Waals surface area contributed by atoms with Gasteiger partial charge in [0.05, 0.1) is 12.7 Å². The molecule has 0 atom stereocenters. The van der Waals surface area contributed by atoms with Gasteiger partial charge in [-0.05, 0) is 37.0 Å². The van der Waals surface area contributed by atoms with Gasteiger partial charge >= 0.3 is 0 Å². The van der Waals surface area contributed by atoms with Crippen LogP contribution < -0.4 is 4.74 Å². The van der Waals surface area contributed by atoms with E-state index in [0.717, 1.165) is 23.5 Å². The molecule has 0 heterocycles. The first-order valence-electron chi connectivity index (χ1n) is 5.36. The predicted molar refractivity (Wildman–Crippen MR) is 67.1 cm³/mol. The molecular weight excluding hydrogens is 219 g/mol. The maximum Gasteiger partial charge on any atom is 0.168 e. The smallest absolute Gasteiger partial charge is 0.168 e. The molecule has 0 aliphatic heterocycles. The van der Waals surface area contributed by atoms with Crippen LogP contribution in [0.2, 0.25) is 0 Å². The summed E-state index contributed by atoms with van der Waals surface area (Å²) in [5, 5.41) is 0. The Morgan fingerprint density at radius 1 is 1.31 bits per heavy atom. The zero-order valence-electron chi connectivity index (χ0n) is 9.66. The van der Waals surface area contributed by atoms with E-state index in [1.54, 1.807) is 14.2 Å². The van der Waals surface area contributed by atoms with Crippen molar-refractivity contribution in [3.63, 3.8) is 0 Å². The zero-order chi connectivity index (χ0) is 11.6. The summed E-state index contributed by atoms with van der Waals surface area (Å²) in [7, 11) is 9.07. The number of hydrogen-bond donors (Lipinski definition) is 0. The highest BCUT2D eigenvalue weighted by atomic mass is 32.2. The summed E-state index contributed by atoms with van der Waals surface area (Å²) >= 11 is 1.21. The second-order valence-electron chi connectivity index (χ2n) is 4.04. The van der Waals surface area contributed by atoms with Crippen molar-refractivity contribution in [3.05, 3.63) is 23.8 Å². The van der Waals surface area contributed by atoms with Crippen LogP contribution >= 0.6 is 11.6 Å². The maximum absolute atomic E-state index is 5.64. The van der Waals surface area contributed by atoms with Crippen molar-refractivity contribution in [2.75, 3.05) is 14.2 Å². The molecule has 16 heavy (non-hydrogen) atoms. The lowest BCUT2D eigenvalue weighted by atomic mass is 9.75. The Morgan fingerprint density at radius 2 is 2.06 bits per heavy atom. The van der Waals surface area contributed by atoms with Crippen LogP contribution in [0.25, 0.3) is 0 Å². The molecule has 0 amide bonds. The van der Waals surface area contributed by atoms with Crippen LogP contribution in [0.4, 0.5) is 0 Å². The molecule has 1 aromatic carbocycles. The number of methoxy groups -OCH3 is 2. The van der Waals surface area contributed by atoms with E-state index in [9.17, 15) is 0 Å². The topological polar surface area (TPSA) is 18.5 Å². The normalized spacial score (nSPS) is 17.9. The van der Waals surface area contributed by atoms with Crippen LogP contribution in [-0.2, 0) is 10.3 Å². The molecule has 2 rings (SSSR count). The lowest BCUT2D eigenvalue weighted by Gasteiger charge is -2.41. The van der Waals surface area contributed by atoms with Crippen LogP contribution in [0.1, 0.15) is 24.8 Å². The van der Waals surface area contributed by atoms with E-state index in [1.165, 1.54) is 23.6 Å². The lowest BCUT2D eigenvalue weighted by Crippen LogP contribution is -2.36. The van der Waals surface area contributed by atoms with Crippen LogP contribution in [0.15, 0.2) is 23.1 Å². The van der Waals surface area contributed by atoms with Gasteiger partial charge in [0.25, 0.3) is 0 Å². The van der Waals surface area contributed by atoms with Gasteiger partial charge in [-0.3, -0.25) is 0 Å². The Labute approximate surface area is 102 Å². The van der Waals surface area contributed by atoms with E-state index in [0.29, 0.717) is 0 Å². The van der Waals surface area contributed by atoms with Crippen molar-refractivity contribution >= 4 is 18.7 Å². The SMILES string of the molecule is [B]Sc1cc(C2(OC)CCC2)ccc1OC. The first-order valence-corrected chi connectivity index (χ1v) is 6.24. The van der Waals surface area contributed by atoms with Crippen molar-refractivity contribution in [1.82, 2.24) is 0 Å². The number of ether oxygens (including phenoxy) is 2. The summed E-state index contributed by atoms with van der Waals surface area (Å²) < 4.78 is 10.9. The average molecular weight is 234 g/mol. The fourth-order valence-electron chi connectivity index (χ4n) is 2.16. The fourth-order valence-corrected chi connectivity index (χ4v) is 2.62. The summed E-state index contributed by atoms with van der Waals surface area (Å²) in [6, 6.07) is 6.11. The molecule has 1 aromatic rings. The second-order valence-corrected chi connectivity index (χ2v) is 4.71. The number of rotatable bonds is 4. The summed E-state index contributed by atoms with van der Waals surface area (Å²) in [5.41, 5.74) is 1.12. The van der Waals surface area contributed by atoms with Crippen molar-refractivity contribution in [1.29, 1.82) is 0 Å². The molecule has 2 nitrogen and oxygen atoms in total. The van der Waals surface area contributed by atoms with Crippen LogP contribution in [0, 0.1) is 0 Å². The molecule has 1 aliphatic rings. The molecule has 0 spiro atoms. The molecule has 0 N–H and O–H groups in total. The molecular formula is C12H15BO2S. The first kappa shape index (κ1) is 11.9. The van der Waals surface area contributed by atoms with Crippen molar-refractivity contribution in [3.8, 4) is 5.75 Å². The highest BCUT2D eigenvalue weighted by Gasteiger charge is 2.39. The van der Waals surface area contributed by atoms with Crippen LogP contribution in [0.5, 0.6) is 5.75 Å². The second kappa shape index (κ2) is 4.72. The summed E-state index contributed by atoms with van der Waals surface area (Å²) in [6.07, 6.45) is 3.40. The van der Waals surface area contributed by atoms with Gasteiger partial charge in [-0.2, -0.15) is 11.6 Å². The monoisotopic (exact) mass is 234 g/mol. The predicted octanol–water partition coefficient (Wildman–Crippen LogP) is 2.90. The van der Waals surface area contributed by atoms with Gasteiger partial charge < -0.3 is 9.47 Å². The van der Waals surface area contributed by atoms with Gasteiger partial charge in [-0.25, -0.2) is 0 Å². The minimum Gasteiger partial charge on any atom is -0.496 e. The molecule has 1 aliphatic carbocycles. The van der Waals surface area contributed by atoms with Gasteiger partial charge in [0, 0.05) is 12.0 Å². The van der Waals surface area contributed by atoms with E-state index in [4.69, 9.17) is 16.6 Å². The Bertz CT molecular complexity index is 372. The molecule has 84 valence electrons. The lowest BCUT2D eigenvalue weighted by molar-refractivity contribution is -0.0780. The third kappa shape index (κ3) is 1.85. The van der Waals surface area contributed by atoms with Gasteiger partial charge in [0.2, 0.25) is 0 Å². The summed E-state index contributed by atoms with van der Waals surface area (Å²) in [5.74, 6) is 0.821. The van der Waals surface area contributed by atoms with Crippen LogP contribution in [0.3, 0.4) is 0 Å². The van der Waals surface area contributed by atoms with E-state index in [2.05, 4.69) is 12.1 Å². The quantitative estimate of drug-likeness (QED) is 0.746. The Kier molecular flexibility index (Phi) is 3.50. The zero-order valence-corrected chi connectivity index (χ0v) is 10.5. The standard InChI is InChI=1S/C12H15BO2S/c1-14-10-5-4-9(8-11(10)16-13)12(15-2)6-3-7-12/h4-5,8H,3,6-7H2,1-2H3. The molecule has 4 heteroatoms. The van der Waals surface area contributed by atoms with E-state index in [-0.39, 0.29) is 5.60 Å². The van der Waals surface area contributed by atoms with E-state index in [1.807, 2.05) is 6.07 Å². The number of hydrogen-bond acceptors (Lipinski definition) is 3. The van der Waals surface area contributed by atoms with Crippen molar-refractivity contribution in [2.24, 2.45) is 0 Å². The molecule has 1 fully saturated rings. The van der Waals surface area contributed by atoms with E-state index >= 15 is 0 Å². The largest absolute Gasteiger partial charge is 0.496 e. The van der Waals surface area contributed by atoms with Crippen molar-refractivity contribution < 1.29 is 9.47 Å². The molecule has 2 radical (unpaired) electrons. The third-order valence-electron chi connectivity index (χ3n) is 3.37. The highest BCUT2D eigenvalue weighted by Crippen LogP contribution is 2.45. The highest BCUT2D eigenvalue weighted by molar-refractivity contribution is 8.19. The summed E-state index contributed by atoms with van der Waals surface area (Å²) in [4.78, 5) is 0.961. The maximum atomic E-state index is 5.64. The van der Waals surface area contributed by atoms with Crippen molar-refractivity contribution in [2.45, 2.75) is 29.8 Å². The average Bonchev–Trinajstić information content (AvgIpc) is 2.28. The van der Waals surface area contributed by atoms with Gasteiger partial charge in [0.15, 0.2) is 7.12 Å². The van der Waals surface area contributed by atoms with Gasteiger partial charge in [-0.15, -0.1) is 0 Å². The molecule has 0 unspecified atom stereocenters. The van der Waals surface area contributed by atoms with Gasteiger partial charge in [-0.1, -0.05) is 6.07 Å². The molecule has 0 saturated heterocycles. The Morgan fingerprint density at radius 3 is 2.50 bits per heavy atom. The Balaban J connectivity index is 2.35. The molecule has 0 bridgehead atoms. The fraction of sp³-hybridized carbons (Fsp3) is 0.500. The first-order chi connectivity index (χ1) is 7.75. The Hall–Kier alpha value is -0.605. The molecule has 0 aromatic heterocycles. The summed E-state index contributed by atoms with van der Waals surface area (Å²) in [6.45, 7) is 0. The molecule has 1 saturated carbocycles. The third-order valence-corrected chi connectivity index (χ3v) is 3.94. The minimum absolute atomic E-state index is 0.0866. The van der Waals surface area contributed by atoms with Crippen LogP contribution in [-0.4, -0.2) is 21.3 Å². The van der Waals surface area contributed by atoms with Gasteiger partial charge in [0.1, 0.15) is 5.75 Å². The van der Waals surface area contributed by atoms with E-state index < -0.39 is 0 Å².